The Balaban J connectivity index is 1.71. The Labute approximate surface area is 129 Å². The number of fused-ring (bicyclic) bond motifs is 1. The maximum Gasteiger partial charge on any atom is 0.317 e. The van der Waals surface area contributed by atoms with Crippen molar-refractivity contribution in [3.63, 3.8) is 0 Å². The van der Waals surface area contributed by atoms with Crippen LogP contribution >= 0.6 is 11.3 Å². The first-order valence-electron chi connectivity index (χ1n) is 7.42. The Hall–Kier alpha value is -1.56. The van der Waals surface area contributed by atoms with Gasteiger partial charge in [0.15, 0.2) is 0 Å². The maximum absolute atomic E-state index is 12.2. The topological polar surface area (TPSA) is 69.6 Å². The fraction of sp³-hybridized carbons (Fsp3) is 0.600. The van der Waals surface area contributed by atoms with Gasteiger partial charge in [0.2, 0.25) is 0 Å². The molecule has 0 radical (unpaired) electrons. The number of carboxylic acid groups (broad SMARTS) is 1. The zero-order chi connectivity index (χ0) is 15.2. The largest absolute Gasteiger partial charge is 0.481 e. The van der Waals surface area contributed by atoms with E-state index >= 15 is 0 Å². The molecule has 0 bridgehead atoms. The van der Waals surface area contributed by atoms with Crippen molar-refractivity contribution in [1.82, 2.24) is 10.2 Å². The third-order valence-electron chi connectivity index (χ3n) is 3.88. The first kappa shape index (κ1) is 15.8. The SMILES string of the molecule is CC1c2ccsc2CCN1C(=O)NCCCCCC(=O)O. The van der Waals surface area contributed by atoms with E-state index < -0.39 is 5.97 Å². The van der Waals surface area contributed by atoms with Crippen LogP contribution in [0.1, 0.15) is 49.1 Å². The number of rotatable bonds is 6. The van der Waals surface area contributed by atoms with E-state index in [2.05, 4.69) is 23.7 Å². The second kappa shape index (κ2) is 7.45. The van der Waals surface area contributed by atoms with E-state index in [4.69, 9.17) is 5.11 Å². The highest BCUT2D eigenvalue weighted by Gasteiger charge is 2.27. The molecule has 2 heterocycles. The third kappa shape index (κ3) is 4.20. The van der Waals surface area contributed by atoms with Gasteiger partial charge in [-0.1, -0.05) is 6.42 Å². The molecule has 0 saturated heterocycles. The number of carbonyl (C=O) groups is 2. The lowest BCUT2D eigenvalue weighted by Crippen LogP contribution is -2.44. The van der Waals surface area contributed by atoms with Crippen molar-refractivity contribution < 1.29 is 14.7 Å². The van der Waals surface area contributed by atoms with Gasteiger partial charge in [0, 0.05) is 24.4 Å². The molecule has 1 atom stereocenters. The quantitative estimate of drug-likeness (QED) is 0.794. The smallest absolute Gasteiger partial charge is 0.317 e. The van der Waals surface area contributed by atoms with Crippen LogP contribution in [0.5, 0.6) is 0 Å². The number of thiophene rings is 1. The van der Waals surface area contributed by atoms with Gasteiger partial charge in [-0.15, -0.1) is 11.3 Å². The Morgan fingerprint density at radius 3 is 3.00 bits per heavy atom. The van der Waals surface area contributed by atoms with Gasteiger partial charge in [-0.05, 0) is 43.2 Å². The summed E-state index contributed by atoms with van der Waals surface area (Å²) in [5.41, 5.74) is 1.27. The predicted molar refractivity (Wildman–Crippen MR) is 82.6 cm³/mol. The molecular weight excluding hydrogens is 288 g/mol. The van der Waals surface area contributed by atoms with Crippen molar-refractivity contribution in [3.8, 4) is 0 Å². The predicted octanol–water partition coefficient (Wildman–Crippen LogP) is 3.02. The molecule has 2 amide bonds. The van der Waals surface area contributed by atoms with Crippen LogP contribution in [0, 0.1) is 0 Å². The van der Waals surface area contributed by atoms with Crippen LogP contribution in [0.15, 0.2) is 11.4 Å². The summed E-state index contributed by atoms with van der Waals surface area (Å²) in [6.45, 7) is 3.44. The molecule has 1 aromatic rings. The highest BCUT2D eigenvalue weighted by atomic mass is 32.1. The van der Waals surface area contributed by atoms with Crippen LogP contribution in [0.3, 0.4) is 0 Å². The van der Waals surface area contributed by atoms with Crippen molar-refractivity contribution in [2.75, 3.05) is 13.1 Å². The van der Waals surface area contributed by atoms with Crippen molar-refractivity contribution in [3.05, 3.63) is 21.9 Å². The van der Waals surface area contributed by atoms with E-state index in [1.807, 2.05) is 4.90 Å². The van der Waals surface area contributed by atoms with Crippen LogP contribution in [0.4, 0.5) is 4.79 Å². The van der Waals surface area contributed by atoms with E-state index in [0.717, 1.165) is 25.8 Å². The lowest BCUT2D eigenvalue weighted by Gasteiger charge is -2.33. The van der Waals surface area contributed by atoms with E-state index in [1.54, 1.807) is 11.3 Å². The van der Waals surface area contributed by atoms with E-state index in [-0.39, 0.29) is 18.5 Å². The molecule has 0 spiro atoms. The second-order valence-electron chi connectivity index (χ2n) is 5.35. The number of hydrogen-bond donors (Lipinski definition) is 2. The van der Waals surface area contributed by atoms with Crippen LogP contribution in [0.2, 0.25) is 0 Å². The summed E-state index contributed by atoms with van der Waals surface area (Å²) in [4.78, 5) is 25.9. The summed E-state index contributed by atoms with van der Waals surface area (Å²) in [5.74, 6) is -0.757. The number of hydrogen-bond acceptors (Lipinski definition) is 3. The van der Waals surface area contributed by atoms with Gasteiger partial charge in [0.25, 0.3) is 0 Å². The summed E-state index contributed by atoms with van der Waals surface area (Å²) < 4.78 is 0. The molecule has 0 aliphatic carbocycles. The Kier molecular flexibility index (Phi) is 5.61. The normalized spacial score (nSPS) is 17.4. The van der Waals surface area contributed by atoms with Crippen LogP contribution in [-0.4, -0.2) is 35.1 Å². The number of urea groups is 1. The van der Waals surface area contributed by atoms with Crippen molar-refractivity contribution in [2.45, 2.75) is 45.1 Å². The molecule has 1 aliphatic heterocycles. The maximum atomic E-state index is 12.2. The van der Waals surface area contributed by atoms with Gasteiger partial charge in [-0.2, -0.15) is 0 Å². The van der Waals surface area contributed by atoms with Gasteiger partial charge in [0.05, 0.1) is 6.04 Å². The molecule has 116 valence electrons. The number of nitrogens with zero attached hydrogens (tertiary/aromatic N) is 1. The van der Waals surface area contributed by atoms with Gasteiger partial charge >= 0.3 is 12.0 Å². The van der Waals surface area contributed by atoms with Crippen LogP contribution in [-0.2, 0) is 11.2 Å². The van der Waals surface area contributed by atoms with Crippen LogP contribution in [0.25, 0.3) is 0 Å². The molecule has 0 aromatic carbocycles. The van der Waals surface area contributed by atoms with Crippen molar-refractivity contribution >= 4 is 23.3 Å². The number of aliphatic carboxylic acids is 1. The third-order valence-corrected chi connectivity index (χ3v) is 4.88. The van der Waals surface area contributed by atoms with Crippen LogP contribution < -0.4 is 5.32 Å². The number of unbranched alkanes of at least 4 members (excludes halogenated alkanes) is 2. The Morgan fingerprint density at radius 2 is 2.24 bits per heavy atom. The Morgan fingerprint density at radius 1 is 1.43 bits per heavy atom. The number of carboxylic acids is 1. The summed E-state index contributed by atoms with van der Waals surface area (Å²) in [5, 5.41) is 13.6. The summed E-state index contributed by atoms with van der Waals surface area (Å²) in [6, 6.07) is 2.22. The molecule has 1 aliphatic rings. The molecule has 2 N–H and O–H groups in total. The van der Waals surface area contributed by atoms with Crippen molar-refractivity contribution in [1.29, 1.82) is 0 Å². The summed E-state index contributed by atoms with van der Waals surface area (Å²) in [7, 11) is 0. The van der Waals surface area contributed by atoms with Gasteiger partial charge in [-0.3, -0.25) is 4.79 Å². The van der Waals surface area contributed by atoms with Gasteiger partial charge in [-0.25, -0.2) is 4.79 Å². The molecule has 1 aromatic heterocycles. The molecule has 21 heavy (non-hydrogen) atoms. The fourth-order valence-electron chi connectivity index (χ4n) is 2.66. The van der Waals surface area contributed by atoms with E-state index in [1.165, 1.54) is 10.4 Å². The van der Waals surface area contributed by atoms with Gasteiger partial charge < -0.3 is 15.3 Å². The summed E-state index contributed by atoms with van der Waals surface area (Å²) in [6.07, 6.45) is 3.47. The molecular formula is C15H22N2O3S. The zero-order valence-electron chi connectivity index (χ0n) is 12.3. The minimum absolute atomic E-state index is 0.0161. The Bertz CT molecular complexity index is 501. The number of nitrogens with one attached hydrogen (secondary N) is 1. The number of amides is 2. The average Bonchev–Trinajstić information content (AvgIpc) is 2.92. The lowest BCUT2D eigenvalue weighted by atomic mass is 10.0. The lowest BCUT2D eigenvalue weighted by molar-refractivity contribution is -0.137. The molecule has 6 heteroatoms. The minimum atomic E-state index is -0.757. The number of carbonyl (C=O) groups excluding carboxylic acids is 1. The molecule has 0 fully saturated rings. The van der Waals surface area contributed by atoms with Crippen molar-refractivity contribution in [2.24, 2.45) is 0 Å². The average molecular weight is 310 g/mol. The highest BCUT2D eigenvalue weighted by molar-refractivity contribution is 7.10. The molecule has 2 rings (SSSR count). The fourth-order valence-corrected chi connectivity index (χ4v) is 3.62. The van der Waals surface area contributed by atoms with E-state index in [9.17, 15) is 9.59 Å². The molecule has 0 saturated carbocycles. The first-order valence-corrected chi connectivity index (χ1v) is 8.30. The minimum Gasteiger partial charge on any atom is -0.481 e. The van der Waals surface area contributed by atoms with E-state index in [0.29, 0.717) is 13.0 Å². The first-order chi connectivity index (χ1) is 10.1. The zero-order valence-corrected chi connectivity index (χ0v) is 13.1. The molecule has 5 nitrogen and oxygen atoms in total. The second-order valence-corrected chi connectivity index (χ2v) is 6.36. The monoisotopic (exact) mass is 310 g/mol. The summed E-state index contributed by atoms with van der Waals surface area (Å²) >= 11 is 1.77. The highest BCUT2D eigenvalue weighted by Crippen LogP contribution is 2.32. The molecule has 1 unspecified atom stereocenters. The standard InChI is InChI=1S/C15H22N2O3S/c1-11-12-7-10-21-13(12)6-9-17(11)15(20)16-8-4-2-3-5-14(18)19/h7,10-11H,2-6,8-9H2,1H3,(H,16,20)(H,18,19). The van der Waals surface area contributed by atoms with Gasteiger partial charge in [0.1, 0.15) is 0 Å².